The standard InChI is InChI=1S/C9H14/c1-3-4-9-6-5-8(2)7-9/h5-8H,3-4H2,1-2H3. The van der Waals surface area contributed by atoms with Gasteiger partial charge in [-0.3, -0.25) is 0 Å². The van der Waals surface area contributed by atoms with Gasteiger partial charge in [0.2, 0.25) is 0 Å². The highest BCUT2D eigenvalue weighted by molar-refractivity contribution is 5.27. The molecule has 1 aliphatic rings. The lowest BCUT2D eigenvalue weighted by atomic mass is 10.1. The minimum atomic E-state index is 0.687. The Kier molecular flexibility index (Phi) is 2.10. The molecule has 1 rings (SSSR count). The largest absolute Gasteiger partial charge is 0.0776 e. The predicted molar refractivity (Wildman–Crippen MR) is 41.3 cm³/mol. The van der Waals surface area contributed by atoms with Gasteiger partial charge in [0.25, 0.3) is 0 Å². The van der Waals surface area contributed by atoms with Gasteiger partial charge in [0.1, 0.15) is 0 Å². The van der Waals surface area contributed by atoms with Crippen LogP contribution < -0.4 is 0 Å². The lowest BCUT2D eigenvalue weighted by Gasteiger charge is -1.92. The molecule has 0 N–H and O–H groups in total. The van der Waals surface area contributed by atoms with E-state index in [1.165, 1.54) is 18.4 Å². The predicted octanol–water partition coefficient (Wildman–Crippen LogP) is 2.92. The molecule has 0 amide bonds. The van der Waals surface area contributed by atoms with Gasteiger partial charge >= 0.3 is 0 Å². The van der Waals surface area contributed by atoms with Crippen molar-refractivity contribution in [2.45, 2.75) is 26.7 Å². The van der Waals surface area contributed by atoms with Crippen molar-refractivity contribution >= 4 is 0 Å². The topological polar surface area (TPSA) is 0 Å². The maximum atomic E-state index is 2.34. The van der Waals surface area contributed by atoms with Gasteiger partial charge in [-0.25, -0.2) is 0 Å². The van der Waals surface area contributed by atoms with Crippen molar-refractivity contribution in [1.82, 2.24) is 0 Å². The molecular weight excluding hydrogens is 108 g/mol. The Morgan fingerprint density at radius 2 is 2.33 bits per heavy atom. The van der Waals surface area contributed by atoms with Crippen LogP contribution in [0, 0.1) is 5.92 Å². The van der Waals surface area contributed by atoms with Crippen molar-refractivity contribution in [1.29, 1.82) is 0 Å². The highest BCUT2D eigenvalue weighted by Crippen LogP contribution is 2.18. The normalized spacial score (nSPS) is 24.7. The molecule has 0 saturated heterocycles. The molecule has 1 unspecified atom stereocenters. The van der Waals surface area contributed by atoms with Crippen molar-refractivity contribution in [2.75, 3.05) is 0 Å². The van der Waals surface area contributed by atoms with Gasteiger partial charge in [-0.05, 0) is 12.3 Å². The SMILES string of the molecule is CCCC1=CC(C)C=C1. The molecule has 0 spiro atoms. The Bertz CT molecular complexity index is 140. The summed E-state index contributed by atoms with van der Waals surface area (Å²) in [6.45, 7) is 4.44. The van der Waals surface area contributed by atoms with E-state index in [0.717, 1.165) is 0 Å². The summed E-state index contributed by atoms with van der Waals surface area (Å²) in [7, 11) is 0. The Hall–Kier alpha value is -0.520. The summed E-state index contributed by atoms with van der Waals surface area (Å²) in [5.74, 6) is 0.687. The van der Waals surface area contributed by atoms with Crippen molar-refractivity contribution < 1.29 is 0 Å². The third-order valence-corrected chi connectivity index (χ3v) is 1.63. The van der Waals surface area contributed by atoms with E-state index in [1.807, 2.05) is 0 Å². The molecule has 0 radical (unpaired) electrons. The average molecular weight is 122 g/mol. The van der Waals surface area contributed by atoms with Crippen molar-refractivity contribution in [3.63, 3.8) is 0 Å². The molecule has 0 heterocycles. The monoisotopic (exact) mass is 122 g/mol. The van der Waals surface area contributed by atoms with Crippen molar-refractivity contribution in [3.8, 4) is 0 Å². The summed E-state index contributed by atoms with van der Waals surface area (Å²) in [5.41, 5.74) is 1.52. The molecular formula is C9H14. The minimum absolute atomic E-state index is 0.687. The molecule has 0 aromatic carbocycles. The lowest BCUT2D eigenvalue weighted by molar-refractivity contribution is 0.906. The van der Waals surface area contributed by atoms with Crippen LogP contribution in [0.1, 0.15) is 26.7 Å². The maximum absolute atomic E-state index is 2.34. The first kappa shape index (κ1) is 6.60. The lowest BCUT2D eigenvalue weighted by Crippen LogP contribution is -1.76. The zero-order chi connectivity index (χ0) is 6.69. The molecule has 0 heteroatoms. The first-order chi connectivity index (χ1) is 4.33. The molecule has 9 heavy (non-hydrogen) atoms. The Labute approximate surface area is 57.3 Å². The van der Waals surface area contributed by atoms with E-state index in [2.05, 4.69) is 32.1 Å². The first-order valence-corrected chi connectivity index (χ1v) is 3.72. The van der Waals surface area contributed by atoms with Gasteiger partial charge in [-0.1, -0.05) is 44.1 Å². The van der Waals surface area contributed by atoms with Crippen LogP contribution in [-0.2, 0) is 0 Å². The second-order valence-corrected chi connectivity index (χ2v) is 2.71. The molecule has 0 aromatic rings. The van der Waals surface area contributed by atoms with Crippen molar-refractivity contribution in [3.05, 3.63) is 23.8 Å². The smallest absolute Gasteiger partial charge is 0.00728 e. The highest BCUT2D eigenvalue weighted by Gasteiger charge is 2.01. The summed E-state index contributed by atoms with van der Waals surface area (Å²) < 4.78 is 0. The third-order valence-electron chi connectivity index (χ3n) is 1.63. The molecule has 0 aliphatic heterocycles. The Morgan fingerprint density at radius 3 is 2.78 bits per heavy atom. The van der Waals surface area contributed by atoms with E-state index in [9.17, 15) is 0 Å². The second kappa shape index (κ2) is 2.86. The summed E-state index contributed by atoms with van der Waals surface area (Å²) in [5, 5.41) is 0. The molecule has 0 nitrogen and oxygen atoms in total. The molecule has 50 valence electrons. The molecule has 1 aliphatic carbocycles. The van der Waals surface area contributed by atoms with Gasteiger partial charge in [0, 0.05) is 0 Å². The summed E-state index contributed by atoms with van der Waals surface area (Å²) in [6.07, 6.45) is 9.35. The van der Waals surface area contributed by atoms with E-state index < -0.39 is 0 Å². The second-order valence-electron chi connectivity index (χ2n) is 2.71. The zero-order valence-electron chi connectivity index (χ0n) is 6.22. The van der Waals surface area contributed by atoms with E-state index in [1.54, 1.807) is 0 Å². The van der Waals surface area contributed by atoms with Crippen LogP contribution in [0.15, 0.2) is 23.8 Å². The highest BCUT2D eigenvalue weighted by atomic mass is 14.1. The summed E-state index contributed by atoms with van der Waals surface area (Å²) in [6, 6.07) is 0. The molecule has 0 aromatic heterocycles. The first-order valence-electron chi connectivity index (χ1n) is 3.72. The van der Waals surface area contributed by atoms with Gasteiger partial charge in [-0.2, -0.15) is 0 Å². The number of hydrogen-bond donors (Lipinski definition) is 0. The van der Waals surface area contributed by atoms with E-state index in [-0.39, 0.29) is 0 Å². The fourth-order valence-corrected chi connectivity index (χ4v) is 1.18. The molecule has 0 bridgehead atoms. The van der Waals surface area contributed by atoms with Crippen LogP contribution >= 0.6 is 0 Å². The summed E-state index contributed by atoms with van der Waals surface area (Å²) in [4.78, 5) is 0. The van der Waals surface area contributed by atoms with Gasteiger partial charge < -0.3 is 0 Å². The Morgan fingerprint density at radius 1 is 1.56 bits per heavy atom. The van der Waals surface area contributed by atoms with Crippen LogP contribution in [0.5, 0.6) is 0 Å². The average Bonchev–Trinajstić information content (AvgIpc) is 2.17. The quantitative estimate of drug-likeness (QED) is 0.528. The number of rotatable bonds is 2. The van der Waals surface area contributed by atoms with Crippen molar-refractivity contribution in [2.24, 2.45) is 5.92 Å². The molecule has 0 saturated carbocycles. The van der Waals surface area contributed by atoms with E-state index >= 15 is 0 Å². The number of hydrogen-bond acceptors (Lipinski definition) is 0. The van der Waals surface area contributed by atoms with Crippen LogP contribution in [0.3, 0.4) is 0 Å². The third kappa shape index (κ3) is 1.70. The van der Waals surface area contributed by atoms with Gasteiger partial charge in [0.15, 0.2) is 0 Å². The maximum Gasteiger partial charge on any atom is -0.00728 e. The van der Waals surface area contributed by atoms with Crippen LogP contribution in [0.4, 0.5) is 0 Å². The molecule has 1 atom stereocenters. The fourth-order valence-electron chi connectivity index (χ4n) is 1.18. The fraction of sp³-hybridized carbons (Fsp3) is 0.556. The Balaban J connectivity index is 2.44. The zero-order valence-corrected chi connectivity index (χ0v) is 6.22. The van der Waals surface area contributed by atoms with Gasteiger partial charge in [-0.15, -0.1) is 0 Å². The minimum Gasteiger partial charge on any atom is -0.0776 e. The van der Waals surface area contributed by atoms with Crippen LogP contribution in [0.25, 0.3) is 0 Å². The van der Waals surface area contributed by atoms with Crippen LogP contribution in [0.2, 0.25) is 0 Å². The van der Waals surface area contributed by atoms with Gasteiger partial charge in [0.05, 0.1) is 0 Å². The van der Waals surface area contributed by atoms with E-state index in [0.29, 0.717) is 5.92 Å². The molecule has 0 fully saturated rings. The van der Waals surface area contributed by atoms with E-state index in [4.69, 9.17) is 0 Å². The number of allylic oxidation sites excluding steroid dienone is 4. The van der Waals surface area contributed by atoms with Crippen LogP contribution in [-0.4, -0.2) is 0 Å². The summed E-state index contributed by atoms with van der Waals surface area (Å²) >= 11 is 0.